The molecule has 1 aliphatic rings. The van der Waals surface area contributed by atoms with Crippen LogP contribution in [0.25, 0.3) is 0 Å². The lowest BCUT2D eigenvalue weighted by molar-refractivity contribution is -0.132. The number of nitrogens with two attached hydrogens (primary N) is 1. The van der Waals surface area contributed by atoms with Gasteiger partial charge in [-0.1, -0.05) is 0 Å². The van der Waals surface area contributed by atoms with Gasteiger partial charge in [-0.25, -0.2) is 0 Å². The van der Waals surface area contributed by atoms with Crippen LogP contribution in [0.1, 0.15) is 32.6 Å². The summed E-state index contributed by atoms with van der Waals surface area (Å²) in [5.74, 6) is 0.202. The minimum atomic E-state index is 0.202. The summed E-state index contributed by atoms with van der Waals surface area (Å²) in [7, 11) is 0. The third-order valence-electron chi connectivity index (χ3n) is 2.53. The van der Waals surface area contributed by atoms with Crippen molar-refractivity contribution in [2.75, 3.05) is 13.1 Å². The Bertz CT molecular complexity index is 157. The third kappa shape index (κ3) is 2.21. The maximum Gasteiger partial charge on any atom is 0.219 e. The lowest BCUT2D eigenvalue weighted by Gasteiger charge is -2.34. The molecule has 1 rings (SSSR count). The number of likely N-dealkylation sites (tertiary alicyclic amines) is 1. The molecule has 3 nitrogen and oxygen atoms in total. The van der Waals surface area contributed by atoms with E-state index in [1.807, 2.05) is 4.90 Å². The maximum atomic E-state index is 11.2. The van der Waals surface area contributed by atoms with Crippen molar-refractivity contribution in [2.45, 2.75) is 38.6 Å². The number of piperidine rings is 1. The van der Waals surface area contributed by atoms with Crippen LogP contribution >= 0.6 is 0 Å². The van der Waals surface area contributed by atoms with Gasteiger partial charge < -0.3 is 10.6 Å². The second kappa shape index (κ2) is 4.45. The van der Waals surface area contributed by atoms with Gasteiger partial charge in [0, 0.05) is 19.5 Å². The molecule has 0 radical (unpaired) electrons. The lowest BCUT2D eigenvalue weighted by Crippen LogP contribution is -2.43. The average Bonchev–Trinajstić information content (AvgIpc) is 2.05. The lowest BCUT2D eigenvalue weighted by atomic mass is 9.99. The second-order valence-electron chi connectivity index (χ2n) is 3.44. The fourth-order valence-corrected chi connectivity index (χ4v) is 1.91. The van der Waals surface area contributed by atoms with E-state index in [0.717, 1.165) is 25.8 Å². The Kier molecular flexibility index (Phi) is 3.53. The number of amides is 1. The van der Waals surface area contributed by atoms with Crippen LogP contribution in [-0.2, 0) is 4.79 Å². The van der Waals surface area contributed by atoms with Crippen molar-refractivity contribution in [1.29, 1.82) is 0 Å². The summed E-state index contributed by atoms with van der Waals surface area (Å²) >= 11 is 0. The Labute approximate surface area is 73.9 Å². The zero-order valence-electron chi connectivity index (χ0n) is 7.75. The Morgan fingerprint density at radius 1 is 1.58 bits per heavy atom. The molecule has 1 aliphatic heterocycles. The average molecular weight is 170 g/mol. The van der Waals surface area contributed by atoms with Crippen molar-refractivity contribution in [1.82, 2.24) is 4.90 Å². The third-order valence-corrected chi connectivity index (χ3v) is 2.53. The number of rotatable bonds is 2. The van der Waals surface area contributed by atoms with Gasteiger partial charge in [0.15, 0.2) is 0 Å². The summed E-state index contributed by atoms with van der Waals surface area (Å²) in [4.78, 5) is 13.1. The molecule has 1 heterocycles. The number of carbonyl (C=O) groups excluding carboxylic acids is 1. The van der Waals surface area contributed by atoms with E-state index in [4.69, 9.17) is 5.73 Å². The van der Waals surface area contributed by atoms with Gasteiger partial charge in [-0.2, -0.15) is 0 Å². The van der Waals surface area contributed by atoms with Gasteiger partial charge in [0.2, 0.25) is 5.91 Å². The summed E-state index contributed by atoms with van der Waals surface area (Å²) in [6.07, 6.45) is 4.49. The Hall–Kier alpha value is -0.570. The first-order valence-corrected chi connectivity index (χ1v) is 4.73. The van der Waals surface area contributed by atoms with E-state index in [1.165, 1.54) is 6.42 Å². The smallest absolute Gasteiger partial charge is 0.219 e. The van der Waals surface area contributed by atoms with E-state index < -0.39 is 0 Å². The summed E-state index contributed by atoms with van der Waals surface area (Å²) in [5, 5.41) is 0. The Balaban J connectivity index is 2.48. The van der Waals surface area contributed by atoms with E-state index in [0.29, 0.717) is 12.6 Å². The fraction of sp³-hybridized carbons (Fsp3) is 0.889. The number of carbonyl (C=O) groups is 1. The van der Waals surface area contributed by atoms with E-state index in [-0.39, 0.29) is 5.91 Å². The minimum Gasteiger partial charge on any atom is -0.340 e. The van der Waals surface area contributed by atoms with Crippen LogP contribution in [0.2, 0.25) is 0 Å². The van der Waals surface area contributed by atoms with Crippen molar-refractivity contribution in [2.24, 2.45) is 5.73 Å². The largest absolute Gasteiger partial charge is 0.340 e. The Morgan fingerprint density at radius 3 is 2.92 bits per heavy atom. The Morgan fingerprint density at radius 2 is 2.33 bits per heavy atom. The molecule has 0 aromatic carbocycles. The van der Waals surface area contributed by atoms with Gasteiger partial charge in [-0.15, -0.1) is 0 Å². The van der Waals surface area contributed by atoms with Crippen LogP contribution < -0.4 is 5.73 Å². The molecule has 0 aliphatic carbocycles. The van der Waals surface area contributed by atoms with Crippen LogP contribution in [0.5, 0.6) is 0 Å². The molecule has 12 heavy (non-hydrogen) atoms. The summed E-state index contributed by atoms with van der Waals surface area (Å²) < 4.78 is 0. The first-order chi connectivity index (χ1) is 5.75. The molecule has 0 bridgehead atoms. The molecule has 1 amide bonds. The predicted octanol–water partition coefficient (Wildman–Crippen LogP) is 0.736. The van der Waals surface area contributed by atoms with Crippen molar-refractivity contribution >= 4 is 5.91 Å². The van der Waals surface area contributed by atoms with E-state index in [9.17, 15) is 4.79 Å². The number of hydrogen-bond acceptors (Lipinski definition) is 2. The van der Waals surface area contributed by atoms with E-state index in [2.05, 4.69) is 0 Å². The van der Waals surface area contributed by atoms with Crippen molar-refractivity contribution in [3.05, 3.63) is 0 Å². The number of hydrogen-bond donors (Lipinski definition) is 1. The summed E-state index contributed by atoms with van der Waals surface area (Å²) in [6.45, 7) is 3.27. The highest BCUT2D eigenvalue weighted by molar-refractivity contribution is 5.73. The molecule has 0 saturated carbocycles. The number of nitrogens with zero attached hydrogens (tertiary/aromatic N) is 1. The van der Waals surface area contributed by atoms with E-state index in [1.54, 1.807) is 6.92 Å². The van der Waals surface area contributed by atoms with Gasteiger partial charge in [0.25, 0.3) is 0 Å². The van der Waals surface area contributed by atoms with Crippen molar-refractivity contribution in [3.8, 4) is 0 Å². The highest BCUT2D eigenvalue weighted by Crippen LogP contribution is 2.18. The van der Waals surface area contributed by atoms with Gasteiger partial charge in [0.05, 0.1) is 0 Å². The SMILES string of the molecule is CC(=O)N1CCCCC1CCN. The molecule has 1 atom stereocenters. The minimum absolute atomic E-state index is 0.202. The van der Waals surface area contributed by atoms with Gasteiger partial charge in [-0.05, 0) is 32.2 Å². The molecule has 1 saturated heterocycles. The highest BCUT2D eigenvalue weighted by atomic mass is 16.2. The van der Waals surface area contributed by atoms with Gasteiger partial charge >= 0.3 is 0 Å². The molecule has 70 valence electrons. The van der Waals surface area contributed by atoms with Crippen molar-refractivity contribution < 1.29 is 4.79 Å². The summed E-state index contributed by atoms with van der Waals surface area (Å²) in [6, 6.07) is 0.418. The first-order valence-electron chi connectivity index (χ1n) is 4.73. The zero-order valence-corrected chi connectivity index (χ0v) is 7.75. The van der Waals surface area contributed by atoms with Gasteiger partial charge in [-0.3, -0.25) is 4.79 Å². The van der Waals surface area contributed by atoms with Crippen LogP contribution in [0.4, 0.5) is 0 Å². The molecular formula is C9H18N2O. The highest BCUT2D eigenvalue weighted by Gasteiger charge is 2.22. The molecular weight excluding hydrogens is 152 g/mol. The predicted molar refractivity (Wildman–Crippen MR) is 48.7 cm³/mol. The summed E-state index contributed by atoms with van der Waals surface area (Å²) in [5.41, 5.74) is 5.48. The van der Waals surface area contributed by atoms with Crippen LogP contribution in [0.15, 0.2) is 0 Å². The first kappa shape index (κ1) is 9.52. The fourth-order valence-electron chi connectivity index (χ4n) is 1.91. The molecule has 3 heteroatoms. The quantitative estimate of drug-likeness (QED) is 0.664. The van der Waals surface area contributed by atoms with E-state index >= 15 is 0 Å². The molecule has 0 aromatic rings. The molecule has 1 fully saturated rings. The molecule has 0 spiro atoms. The molecule has 2 N–H and O–H groups in total. The topological polar surface area (TPSA) is 46.3 Å². The van der Waals surface area contributed by atoms with Crippen LogP contribution in [-0.4, -0.2) is 29.9 Å². The van der Waals surface area contributed by atoms with Gasteiger partial charge in [0.1, 0.15) is 0 Å². The van der Waals surface area contributed by atoms with Crippen molar-refractivity contribution in [3.63, 3.8) is 0 Å². The normalized spacial score (nSPS) is 24.2. The zero-order chi connectivity index (χ0) is 8.97. The molecule has 1 unspecified atom stereocenters. The maximum absolute atomic E-state index is 11.2. The van der Waals surface area contributed by atoms with Crippen LogP contribution in [0, 0.1) is 0 Å². The molecule has 0 aromatic heterocycles. The monoisotopic (exact) mass is 170 g/mol. The van der Waals surface area contributed by atoms with Crippen LogP contribution in [0.3, 0.4) is 0 Å². The standard InChI is InChI=1S/C9H18N2O/c1-8(12)11-7-3-2-4-9(11)5-6-10/h9H,2-7,10H2,1H3. The second-order valence-corrected chi connectivity index (χ2v) is 3.44.